The Hall–Kier alpha value is -1.56. The topological polar surface area (TPSA) is 35.5 Å². The van der Waals surface area contributed by atoms with Crippen molar-refractivity contribution in [2.24, 2.45) is 0 Å². The Kier molecular flexibility index (Phi) is 5.00. The SMILES string of the molecule is COc1cccc(CC(=O)c2cc(I)ccc2OC)c1. The summed E-state index contributed by atoms with van der Waals surface area (Å²) in [7, 11) is 3.19. The Labute approximate surface area is 132 Å². The second kappa shape index (κ2) is 6.74. The van der Waals surface area contributed by atoms with E-state index in [0.717, 1.165) is 14.9 Å². The van der Waals surface area contributed by atoms with E-state index in [1.165, 1.54) is 0 Å². The third-order valence-electron chi connectivity index (χ3n) is 2.96. The van der Waals surface area contributed by atoms with Crippen LogP contribution in [-0.4, -0.2) is 20.0 Å². The van der Waals surface area contributed by atoms with Gasteiger partial charge in [0.25, 0.3) is 0 Å². The van der Waals surface area contributed by atoms with E-state index in [4.69, 9.17) is 9.47 Å². The molecule has 0 amide bonds. The fraction of sp³-hybridized carbons (Fsp3) is 0.188. The highest BCUT2D eigenvalue weighted by Crippen LogP contribution is 2.23. The summed E-state index contributed by atoms with van der Waals surface area (Å²) in [6.07, 6.45) is 0.327. The van der Waals surface area contributed by atoms with Gasteiger partial charge in [-0.05, 0) is 58.5 Å². The van der Waals surface area contributed by atoms with Crippen molar-refractivity contribution in [3.05, 3.63) is 57.2 Å². The van der Waals surface area contributed by atoms with Crippen LogP contribution in [0.3, 0.4) is 0 Å². The fourth-order valence-corrected chi connectivity index (χ4v) is 2.45. The van der Waals surface area contributed by atoms with Crippen LogP contribution in [0.15, 0.2) is 42.5 Å². The highest BCUT2D eigenvalue weighted by atomic mass is 127. The summed E-state index contributed by atoms with van der Waals surface area (Å²) < 4.78 is 11.4. The Morgan fingerprint density at radius 3 is 2.60 bits per heavy atom. The first-order chi connectivity index (χ1) is 9.63. The predicted molar refractivity (Wildman–Crippen MR) is 86.7 cm³/mol. The lowest BCUT2D eigenvalue weighted by atomic mass is 10.0. The van der Waals surface area contributed by atoms with Crippen molar-refractivity contribution in [2.45, 2.75) is 6.42 Å². The number of methoxy groups -OCH3 is 2. The highest BCUT2D eigenvalue weighted by molar-refractivity contribution is 14.1. The molecule has 2 rings (SSSR count). The van der Waals surface area contributed by atoms with Crippen LogP contribution in [0.2, 0.25) is 0 Å². The van der Waals surface area contributed by atoms with E-state index < -0.39 is 0 Å². The van der Waals surface area contributed by atoms with E-state index >= 15 is 0 Å². The molecule has 0 saturated carbocycles. The number of hydrogen-bond donors (Lipinski definition) is 0. The molecule has 0 atom stereocenters. The molecule has 2 aromatic carbocycles. The van der Waals surface area contributed by atoms with Gasteiger partial charge in [-0.25, -0.2) is 0 Å². The summed E-state index contributed by atoms with van der Waals surface area (Å²) >= 11 is 2.19. The molecule has 2 aromatic rings. The van der Waals surface area contributed by atoms with Gasteiger partial charge in [-0.3, -0.25) is 4.79 Å². The van der Waals surface area contributed by atoms with Crippen LogP contribution in [0, 0.1) is 3.57 Å². The van der Waals surface area contributed by atoms with Crippen molar-refractivity contribution in [3.8, 4) is 11.5 Å². The van der Waals surface area contributed by atoms with Gasteiger partial charge in [-0.15, -0.1) is 0 Å². The lowest BCUT2D eigenvalue weighted by Crippen LogP contribution is -2.06. The van der Waals surface area contributed by atoms with Crippen molar-refractivity contribution in [3.63, 3.8) is 0 Å². The zero-order chi connectivity index (χ0) is 14.5. The van der Waals surface area contributed by atoms with Gasteiger partial charge in [-0.1, -0.05) is 12.1 Å². The van der Waals surface area contributed by atoms with Crippen LogP contribution in [0.25, 0.3) is 0 Å². The molecular weight excluding hydrogens is 367 g/mol. The number of carbonyl (C=O) groups is 1. The number of rotatable bonds is 5. The minimum atomic E-state index is 0.0358. The van der Waals surface area contributed by atoms with E-state index in [1.54, 1.807) is 14.2 Å². The van der Waals surface area contributed by atoms with Gasteiger partial charge < -0.3 is 9.47 Å². The molecule has 4 heteroatoms. The number of halogens is 1. The van der Waals surface area contributed by atoms with Crippen molar-refractivity contribution >= 4 is 28.4 Å². The average Bonchev–Trinajstić information content (AvgIpc) is 2.47. The van der Waals surface area contributed by atoms with Crippen LogP contribution in [0.4, 0.5) is 0 Å². The monoisotopic (exact) mass is 382 g/mol. The van der Waals surface area contributed by atoms with E-state index in [2.05, 4.69) is 22.6 Å². The van der Waals surface area contributed by atoms with Crippen molar-refractivity contribution in [1.82, 2.24) is 0 Å². The zero-order valence-corrected chi connectivity index (χ0v) is 13.5. The fourth-order valence-electron chi connectivity index (χ4n) is 1.96. The largest absolute Gasteiger partial charge is 0.497 e. The van der Waals surface area contributed by atoms with Gasteiger partial charge in [0, 0.05) is 9.99 Å². The van der Waals surface area contributed by atoms with Crippen molar-refractivity contribution < 1.29 is 14.3 Å². The lowest BCUT2D eigenvalue weighted by molar-refractivity contribution is 0.0990. The number of hydrogen-bond acceptors (Lipinski definition) is 3. The summed E-state index contributed by atoms with van der Waals surface area (Å²) in [6.45, 7) is 0. The molecule has 0 radical (unpaired) electrons. The van der Waals surface area contributed by atoms with Crippen LogP contribution < -0.4 is 9.47 Å². The number of Topliss-reactive ketones (excluding diaryl/α,β-unsaturated/α-hetero) is 1. The highest BCUT2D eigenvalue weighted by Gasteiger charge is 2.13. The van der Waals surface area contributed by atoms with E-state index in [-0.39, 0.29) is 5.78 Å². The van der Waals surface area contributed by atoms with Gasteiger partial charge in [0.2, 0.25) is 0 Å². The quantitative estimate of drug-likeness (QED) is 0.584. The maximum absolute atomic E-state index is 12.4. The Morgan fingerprint density at radius 1 is 1.10 bits per heavy atom. The normalized spacial score (nSPS) is 10.2. The van der Waals surface area contributed by atoms with Crippen LogP contribution >= 0.6 is 22.6 Å². The summed E-state index contributed by atoms with van der Waals surface area (Å²) in [4.78, 5) is 12.4. The molecule has 0 bridgehead atoms. The molecule has 0 unspecified atom stereocenters. The van der Waals surface area contributed by atoms with E-state index in [9.17, 15) is 4.79 Å². The second-order valence-electron chi connectivity index (χ2n) is 4.30. The number of ether oxygens (including phenoxy) is 2. The van der Waals surface area contributed by atoms with Gasteiger partial charge in [-0.2, -0.15) is 0 Å². The molecule has 0 aliphatic rings. The van der Waals surface area contributed by atoms with E-state index in [0.29, 0.717) is 17.7 Å². The second-order valence-corrected chi connectivity index (χ2v) is 5.54. The van der Waals surface area contributed by atoms with Crippen LogP contribution in [-0.2, 0) is 6.42 Å². The smallest absolute Gasteiger partial charge is 0.170 e. The first-order valence-electron chi connectivity index (χ1n) is 6.13. The summed E-state index contributed by atoms with van der Waals surface area (Å²) in [5, 5.41) is 0. The summed E-state index contributed by atoms with van der Waals surface area (Å²) in [5.41, 5.74) is 1.54. The molecule has 0 N–H and O–H groups in total. The van der Waals surface area contributed by atoms with Gasteiger partial charge in [0.15, 0.2) is 5.78 Å². The summed E-state index contributed by atoms with van der Waals surface area (Å²) in [6, 6.07) is 13.1. The standard InChI is InChI=1S/C16H15IO3/c1-19-13-5-3-4-11(8-13)9-15(18)14-10-12(17)6-7-16(14)20-2/h3-8,10H,9H2,1-2H3. The van der Waals surface area contributed by atoms with Crippen LogP contribution in [0.1, 0.15) is 15.9 Å². The molecule has 0 aliphatic carbocycles. The Morgan fingerprint density at radius 2 is 1.90 bits per heavy atom. The average molecular weight is 382 g/mol. The first kappa shape index (κ1) is 14.8. The molecule has 0 spiro atoms. The summed E-state index contributed by atoms with van der Waals surface area (Å²) in [5.74, 6) is 1.40. The maximum atomic E-state index is 12.4. The molecule has 0 aliphatic heterocycles. The zero-order valence-electron chi connectivity index (χ0n) is 11.4. The molecule has 0 heterocycles. The molecule has 0 fully saturated rings. The Bertz CT molecular complexity index is 623. The predicted octanol–water partition coefficient (Wildman–Crippen LogP) is 3.73. The minimum Gasteiger partial charge on any atom is -0.497 e. The number of ketones is 1. The van der Waals surface area contributed by atoms with Crippen molar-refractivity contribution in [1.29, 1.82) is 0 Å². The number of carbonyl (C=O) groups excluding carboxylic acids is 1. The van der Waals surface area contributed by atoms with Crippen LogP contribution in [0.5, 0.6) is 11.5 Å². The molecule has 0 saturated heterocycles. The first-order valence-corrected chi connectivity index (χ1v) is 7.21. The van der Waals surface area contributed by atoms with Gasteiger partial charge in [0.05, 0.1) is 19.8 Å². The number of benzene rings is 2. The van der Waals surface area contributed by atoms with E-state index in [1.807, 2.05) is 42.5 Å². The molecule has 20 heavy (non-hydrogen) atoms. The molecule has 0 aromatic heterocycles. The van der Waals surface area contributed by atoms with Gasteiger partial charge in [0.1, 0.15) is 11.5 Å². The lowest BCUT2D eigenvalue weighted by Gasteiger charge is -2.09. The minimum absolute atomic E-state index is 0.0358. The van der Waals surface area contributed by atoms with Crippen molar-refractivity contribution in [2.75, 3.05) is 14.2 Å². The molecule has 3 nitrogen and oxygen atoms in total. The third-order valence-corrected chi connectivity index (χ3v) is 3.63. The third kappa shape index (κ3) is 3.50. The maximum Gasteiger partial charge on any atom is 0.170 e. The molecular formula is C16H15IO3. The van der Waals surface area contributed by atoms with Gasteiger partial charge >= 0.3 is 0 Å². The Balaban J connectivity index is 2.25. The molecule has 104 valence electrons.